The largest absolute Gasteiger partial charge is 0.431 e. The molecule has 0 bridgehead atoms. The second kappa shape index (κ2) is 4.52. The first-order valence-electron chi connectivity index (χ1n) is 5.03. The van der Waals surface area contributed by atoms with Gasteiger partial charge in [-0.25, -0.2) is 8.78 Å². The van der Waals surface area contributed by atoms with Gasteiger partial charge in [-0.3, -0.25) is 5.10 Å². The summed E-state index contributed by atoms with van der Waals surface area (Å²) in [4.78, 5) is 0. The summed E-state index contributed by atoms with van der Waals surface area (Å²) in [7, 11) is 0. The molecule has 102 valence electrons. The molecular formula is C11H7F5N2O. The molecule has 0 aliphatic carbocycles. The van der Waals surface area contributed by atoms with Crippen LogP contribution in [0.4, 0.5) is 22.0 Å². The Bertz CT molecular complexity index is 582. The minimum absolute atomic E-state index is 0.143. The van der Waals surface area contributed by atoms with Crippen LogP contribution >= 0.6 is 0 Å². The quantitative estimate of drug-likeness (QED) is 0.848. The van der Waals surface area contributed by atoms with E-state index in [0.29, 0.717) is 5.69 Å². The highest BCUT2D eigenvalue weighted by Crippen LogP contribution is 2.35. The van der Waals surface area contributed by atoms with E-state index in [1.165, 1.54) is 6.07 Å². The number of hydrogen-bond donors (Lipinski definition) is 1. The molecule has 1 aromatic heterocycles. The molecule has 0 aliphatic heterocycles. The Balaban J connectivity index is 2.37. The Morgan fingerprint density at radius 1 is 1.11 bits per heavy atom. The highest BCUT2D eigenvalue weighted by molar-refractivity contribution is 5.35. The third-order valence-electron chi connectivity index (χ3n) is 2.21. The first-order valence-corrected chi connectivity index (χ1v) is 5.03. The van der Waals surface area contributed by atoms with Gasteiger partial charge < -0.3 is 4.74 Å². The highest BCUT2D eigenvalue weighted by Gasteiger charge is 2.33. The standard InChI is InChI=1S/C11H7F5N2O/c1-5-2-9(18-17-5)19-10-7(12)3-6(4-8(10)13)11(14,15)16/h2-4H,1H3,(H,17,18). The van der Waals surface area contributed by atoms with E-state index >= 15 is 0 Å². The van der Waals surface area contributed by atoms with Crippen LogP contribution < -0.4 is 4.74 Å². The summed E-state index contributed by atoms with van der Waals surface area (Å²) in [5.74, 6) is -3.98. The maximum absolute atomic E-state index is 13.4. The fraction of sp³-hybridized carbons (Fsp3) is 0.182. The molecule has 3 nitrogen and oxygen atoms in total. The number of rotatable bonds is 2. The molecular weight excluding hydrogens is 271 g/mol. The molecule has 0 fully saturated rings. The molecule has 0 spiro atoms. The van der Waals surface area contributed by atoms with E-state index in [2.05, 4.69) is 10.2 Å². The molecule has 19 heavy (non-hydrogen) atoms. The van der Waals surface area contributed by atoms with Crippen molar-refractivity contribution in [1.29, 1.82) is 0 Å². The van der Waals surface area contributed by atoms with Crippen LogP contribution in [0.1, 0.15) is 11.3 Å². The molecule has 0 unspecified atom stereocenters. The molecule has 0 saturated heterocycles. The number of nitrogens with one attached hydrogen (secondary N) is 1. The monoisotopic (exact) mass is 278 g/mol. The van der Waals surface area contributed by atoms with Crippen molar-refractivity contribution < 1.29 is 26.7 Å². The van der Waals surface area contributed by atoms with Gasteiger partial charge in [0.05, 0.1) is 5.56 Å². The topological polar surface area (TPSA) is 37.9 Å². The van der Waals surface area contributed by atoms with Crippen molar-refractivity contribution in [1.82, 2.24) is 10.2 Å². The summed E-state index contributed by atoms with van der Waals surface area (Å²) >= 11 is 0. The Hall–Kier alpha value is -2.12. The number of hydrogen-bond acceptors (Lipinski definition) is 2. The fourth-order valence-corrected chi connectivity index (χ4v) is 1.37. The molecule has 1 aromatic carbocycles. The number of benzene rings is 1. The van der Waals surface area contributed by atoms with Gasteiger partial charge in [0.25, 0.3) is 0 Å². The Labute approximate surface area is 104 Å². The molecule has 0 radical (unpaired) electrons. The molecule has 1 N–H and O–H groups in total. The smallest absolute Gasteiger partial charge is 0.416 e. The molecule has 2 rings (SSSR count). The zero-order valence-electron chi connectivity index (χ0n) is 9.48. The van der Waals surface area contributed by atoms with Crippen LogP contribution in [-0.2, 0) is 6.18 Å². The number of aromatic amines is 1. The third-order valence-corrected chi connectivity index (χ3v) is 2.21. The highest BCUT2D eigenvalue weighted by atomic mass is 19.4. The predicted octanol–water partition coefficient (Wildman–Crippen LogP) is 3.81. The molecule has 8 heteroatoms. The maximum atomic E-state index is 13.4. The van der Waals surface area contributed by atoms with Gasteiger partial charge >= 0.3 is 6.18 Å². The van der Waals surface area contributed by atoms with Crippen molar-refractivity contribution in [2.75, 3.05) is 0 Å². The lowest BCUT2D eigenvalue weighted by Gasteiger charge is -2.10. The maximum Gasteiger partial charge on any atom is 0.416 e. The van der Waals surface area contributed by atoms with Gasteiger partial charge in [-0.1, -0.05) is 0 Å². The molecule has 0 aliphatic rings. The molecule has 0 saturated carbocycles. The van der Waals surface area contributed by atoms with Crippen molar-refractivity contribution in [3.05, 3.63) is 41.1 Å². The minimum atomic E-state index is -4.83. The average molecular weight is 278 g/mol. The van der Waals surface area contributed by atoms with Gasteiger partial charge in [-0.15, -0.1) is 5.10 Å². The zero-order chi connectivity index (χ0) is 14.2. The van der Waals surface area contributed by atoms with Crippen molar-refractivity contribution in [2.24, 2.45) is 0 Å². The van der Waals surface area contributed by atoms with E-state index in [4.69, 9.17) is 4.74 Å². The molecule has 0 amide bonds. The number of nitrogens with zero attached hydrogens (tertiary/aromatic N) is 1. The van der Waals surface area contributed by atoms with Crippen LogP contribution in [0.25, 0.3) is 0 Å². The average Bonchev–Trinajstić information content (AvgIpc) is 2.68. The Kier molecular flexibility index (Phi) is 3.17. The number of alkyl halides is 3. The van der Waals surface area contributed by atoms with E-state index in [9.17, 15) is 22.0 Å². The van der Waals surface area contributed by atoms with Gasteiger partial charge in [-0.2, -0.15) is 13.2 Å². The van der Waals surface area contributed by atoms with Crippen molar-refractivity contribution in [2.45, 2.75) is 13.1 Å². The van der Waals surface area contributed by atoms with Crippen LogP contribution in [-0.4, -0.2) is 10.2 Å². The summed E-state index contributed by atoms with van der Waals surface area (Å²) in [6.07, 6.45) is -4.83. The van der Waals surface area contributed by atoms with Gasteiger partial charge in [0.1, 0.15) is 0 Å². The summed E-state index contributed by atoms with van der Waals surface area (Å²) in [6, 6.07) is 1.67. The van der Waals surface area contributed by atoms with Crippen LogP contribution in [0.3, 0.4) is 0 Å². The van der Waals surface area contributed by atoms with E-state index < -0.39 is 29.1 Å². The fourth-order valence-electron chi connectivity index (χ4n) is 1.37. The normalized spacial score (nSPS) is 11.7. The lowest BCUT2D eigenvalue weighted by atomic mass is 10.2. The summed E-state index contributed by atoms with van der Waals surface area (Å²) in [5.41, 5.74) is -0.851. The van der Waals surface area contributed by atoms with E-state index in [1.54, 1.807) is 6.92 Å². The van der Waals surface area contributed by atoms with Gasteiger partial charge in [0.2, 0.25) is 11.6 Å². The van der Waals surface area contributed by atoms with Gasteiger partial charge in [0.15, 0.2) is 11.6 Å². The molecule has 2 aromatic rings. The predicted molar refractivity (Wildman–Crippen MR) is 54.8 cm³/mol. The lowest BCUT2D eigenvalue weighted by molar-refractivity contribution is -0.138. The van der Waals surface area contributed by atoms with Crippen LogP contribution in [0, 0.1) is 18.6 Å². The first kappa shape index (κ1) is 13.3. The Morgan fingerprint density at radius 2 is 1.68 bits per heavy atom. The SMILES string of the molecule is Cc1cc(Oc2c(F)cc(C(F)(F)F)cc2F)n[nH]1. The van der Waals surface area contributed by atoms with Crippen LogP contribution in [0.2, 0.25) is 0 Å². The summed E-state index contributed by atoms with van der Waals surface area (Å²) in [6.45, 7) is 1.62. The summed E-state index contributed by atoms with van der Waals surface area (Å²) < 4.78 is 68.6. The number of aromatic nitrogens is 2. The zero-order valence-corrected chi connectivity index (χ0v) is 9.48. The lowest BCUT2D eigenvalue weighted by Crippen LogP contribution is -2.07. The molecule has 1 heterocycles. The second-order valence-corrected chi connectivity index (χ2v) is 3.76. The van der Waals surface area contributed by atoms with Gasteiger partial charge in [-0.05, 0) is 19.1 Å². The van der Waals surface area contributed by atoms with Crippen molar-refractivity contribution >= 4 is 0 Å². The van der Waals surface area contributed by atoms with Gasteiger partial charge in [0, 0.05) is 11.8 Å². The van der Waals surface area contributed by atoms with Crippen LogP contribution in [0.15, 0.2) is 18.2 Å². The second-order valence-electron chi connectivity index (χ2n) is 3.76. The van der Waals surface area contributed by atoms with Crippen molar-refractivity contribution in [3.8, 4) is 11.6 Å². The number of ether oxygens (including phenoxy) is 1. The van der Waals surface area contributed by atoms with Crippen molar-refractivity contribution in [3.63, 3.8) is 0 Å². The first-order chi connectivity index (χ1) is 8.77. The minimum Gasteiger partial charge on any atom is -0.431 e. The van der Waals surface area contributed by atoms with E-state index in [1.807, 2.05) is 0 Å². The van der Waals surface area contributed by atoms with E-state index in [0.717, 1.165) is 0 Å². The molecule has 0 atom stereocenters. The van der Waals surface area contributed by atoms with E-state index in [-0.39, 0.29) is 18.0 Å². The number of halogens is 5. The summed E-state index contributed by atoms with van der Waals surface area (Å²) in [5, 5.41) is 6.03. The third kappa shape index (κ3) is 2.83. The van der Waals surface area contributed by atoms with Crippen LogP contribution in [0.5, 0.6) is 11.6 Å². The Morgan fingerprint density at radius 3 is 2.11 bits per heavy atom. The number of H-pyrrole nitrogens is 1. The number of aryl methyl sites for hydroxylation is 1.